The molecule has 0 spiro atoms. The summed E-state index contributed by atoms with van der Waals surface area (Å²) < 4.78 is 42.2. The number of nitrogens with one attached hydrogen (secondary N) is 1. The molecular formula is C20H22BrN2O8P. The van der Waals surface area contributed by atoms with Gasteiger partial charge < -0.3 is 14.0 Å². The molecule has 4 rings (SSSR count). The Morgan fingerprint density at radius 1 is 1.38 bits per heavy atom. The highest BCUT2D eigenvalue weighted by Gasteiger charge is 2.41. The number of nitrogens with zero attached hydrogens (tertiary/aromatic N) is 1. The van der Waals surface area contributed by atoms with Crippen LogP contribution in [0.5, 0.6) is 5.75 Å². The smallest absolute Gasteiger partial charge is 0.403 e. The van der Waals surface area contributed by atoms with Crippen LogP contribution < -0.4 is 15.8 Å². The number of hydrogen-bond acceptors (Lipinski definition) is 8. The van der Waals surface area contributed by atoms with Crippen LogP contribution in [0.2, 0.25) is 0 Å². The highest BCUT2D eigenvalue weighted by atomic mass is 79.9. The number of aromatic amines is 1. The highest BCUT2D eigenvalue weighted by Crippen LogP contribution is 2.55. The number of halogens is 1. The van der Waals surface area contributed by atoms with Crippen LogP contribution >= 0.6 is 23.8 Å². The molecule has 12 heteroatoms. The summed E-state index contributed by atoms with van der Waals surface area (Å²) in [6, 6.07) is 5.55. The number of phosphoric ester groups is 1. The molecule has 2 aliphatic rings. The second-order valence-electron chi connectivity index (χ2n) is 7.35. The molecular weight excluding hydrogens is 507 g/mol. The molecule has 2 aromatic rings. The van der Waals surface area contributed by atoms with Gasteiger partial charge in [-0.25, -0.2) is 9.36 Å². The molecule has 1 N–H and O–H groups in total. The molecule has 3 heterocycles. The molecule has 1 aromatic heterocycles. The Balaban J connectivity index is 1.48. The van der Waals surface area contributed by atoms with Gasteiger partial charge in [-0.05, 0) is 23.5 Å². The number of hydrogen-bond donors (Lipinski definition) is 1. The van der Waals surface area contributed by atoms with Crippen LogP contribution in [0.4, 0.5) is 0 Å². The molecule has 0 aliphatic carbocycles. The Morgan fingerprint density at radius 2 is 2.19 bits per heavy atom. The maximum absolute atomic E-state index is 13.0. The number of fused-ring (bicyclic) bond motifs is 1. The lowest BCUT2D eigenvalue weighted by Crippen LogP contribution is -2.33. The van der Waals surface area contributed by atoms with Crippen molar-refractivity contribution in [1.82, 2.24) is 9.55 Å². The van der Waals surface area contributed by atoms with Gasteiger partial charge in [-0.1, -0.05) is 34.1 Å². The van der Waals surface area contributed by atoms with Gasteiger partial charge in [0.1, 0.15) is 18.1 Å². The number of methoxy groups -OCH3 is 1. The van der Waals surface area contributed by atoms with Crippen molar-refractivity contribution >= 4 is 29.8 Å². The number of aromatic nitrogens is 2. The number of phosphoric acid groups is 1. The first-order chi connectivity index (χ1) is 15.3. The molecule has 1 fully saturated rings. The summed E-state index contributed by atoms with van der Waals surface area (Å²) in [5.41, 5.74) is 0.775. The zero-order chi connectivity index (χ0) is 22.9. The van der Waals surface area contributed by atoms with Crippen molar-refractivity contribution in [3.63, 3.8) is 0 Å². The Kier molecular flexibility index (Phi) is 6.85. The Morgan fingerprint density at radius 3 is 2.94 bits per heavy atom. The van der Waals surface area contributed by atoms with Crippen molar-refractivity contribution in [3.05, 3.63) is 66.9 Å². The standard InChI is InChI=1S/C20H22BrN2O8P/c1-12-4-3-5-14-10-28-32(26,31-18(12)14)29-11-16-15(27-2)8-17(30-16)23-9-13(6-7-21)19(24)22-20(23)25/h3-7,9,15-17H,8,10-11H2,1-2H3,(H,22,24,25)/b7-6+/t15-,16+,17+,32?/m0/s1. The van der Waals surface area contributed by atoms with Crippen LogP contribution in [0, 0.1) is 6.92 Å². The molecule has 32 heavy (non-hydrogen) atoms. The van der Waals surface area contributed by atoms with Crippen LogP contribution in [-0.2, 0) is 29.7 Å². The summed E-state index contributed by atoms with van der Waals surface area (Å²) in [6.45, 7) is 1.81. The van der Waals surface area contributed by atoms with Crippen LogP contribution in [0.25, 0.3) is 6.08 Å². The third-order valence-corrected chi connectivity index (χ3v) is 6.88. The van der Waals surface area contributed by atoms with Gasteiger partial charge in [-0.15, -0.1) is 0 Å². The molecule has 1 unspecified atom stereocenters. The van der Waals surface area contributed by atoms with Crippen molar-refractivity contribution in [3.8, 4) is 5.75 Å². The van der Waals surface area contributed by atoms with Crippen LogP contribution in [0.3, 0.4) is 0 Å². The van der Waals surface area contributed by atoms with E-state index in [4.69, 9.17) is 23.0 Å². The second-order valence-corrected chi connectivity index (χ2v) is 9.48. The van der Waals surface area contributed by atoms with E-state index in [1.165, 1.54) is 28.9 Å². The summed E-state index contributed by atoms with van der Waals surface area (Å²) >= 11 is 3.12. The molecule has 0 radical (unpaired) electrons. The lowest BCUT2D eigenvalue weighted by molar-refractivity contribution is -0.0541. The monoisotopic (exact) mass is 528 g/mol. The minimum absolute atomic E-state index is 0.104. The highest BCUT2D eigenvalue weighted by molar-refractivity contribution is 9.11. The lowest BCUT2D eigenvalue weighted by Gasteiger charge is -2.27. The maximum atomic E-state index is 13.0. The van der Waals surface area contributed by atoms with Crippen LogP contribution in [0.1, 0.15) is 29.3 Å². The average Bonchev–Trinajstić information content (AvgIpc) is 3.18. The van der Waals surface area contributed by atoms with E-state index >= 15 is 0 Å². The van der Waals surface area contributed by atoms with Crippen molar-refractivity contribution in [2.75, 3.05) is 13.7 Å². The average molecular weight is 529 g/mol. The van der Waals surface area contributed by atoms with E-state index in [1.807, 2.05) is 25.1 Å². The third-order valence-electron chi connectivity index (χ3n) is 5.30. The third kappa shape index (κ3) is 4.68. The van der Waals surface area contributed by atoms with E-state index in [0.29, 0.717) is 12.2 Å². The fraction of sp³-hybridized carbons (Fsp3) is 0.400. The SMILES string of the molecule is CO[C@H]1C[C@H](n2cc(/C=C/Br)c(=O)[nH]c2=O)O[C@@H]1COP1(=O)OCc2cccc(C)c2O1. The van der Waals surface area contributed by atoms with Crippen molar-refractivity contribution < 1.29 is 27.6 Å². The molecule has 0 saturated carbocycles. The van der Waals surface area contributed by atoms with E-state index in [-0.39, 0.29) is 18.8 Å². The first-order valence-electron chi connectivity index (χ1n) is 9.81. The molecule has 0 bridgehead atoms. The largest absolute Gasteiger partial charge is 0.530 e. The normalized spacial score (nSPS) is 27.4. The van der Waals surface area contributed by atoms with Gasteiger partial charge in [0, 0.05) is 25.3 Å². The van der Waals surface area contributed by atoms with Gasteiger partial charge in [-0.3, -0.25) is 23.4 Å². The number of aryl methyl sites for hydroxylation is 1. The van der Waals surface area contributed by atoms with Crippen LogP contribution in [0.15, 0.2) is 39.0 Å². The van der Waals surface area contributed by atoms with E-state index < -0.39 is 37.5 Å². The van der Waals surface area contributed by atoms with Gasteiger partial charge in [-0.2, -0.15) is 0 Å². The summed E-state index contributed by atoms with van der Waals surface area (Å²) in [6.07, 6.45) is 1.45. The summed E-state index contributed by atoms with van der Waals surface area (Å²) in [4.78, 5) is 28.0. The maximum Gasteiger partial charge on any atom is 0.530 e. The number of ether oxygens (including phenoxy) is 2. The van der Waals surface area contributed by atoms with Crippen molar-refractivity contribution in [2.45, 2.75) is 38.4 Å². The van der Waals surface area contributed by atoms with Crippen molar-refractivity contribution in [1.29, 1.82) is 0 Å². The summed E-state index contributed by atoms with van der Waals surface area (Å²) in [5, 5.41) is 0. The molecule has 4 atom stereocenters. The zero-order valence-corrected chi connectivity index (χ0v) is 19.8. The predicted octanol–water partition coefficient (Wildman–Crippen LogP) is 3.25. The molecule has 1 saturated heterocycles. The quantitative estimate of drug-likeness (QED) is 0.567. The van der Waals surface area contributed by atoms with E-state index in [2.05, 4.69) is 20.9 Å². The first kappa shape index (κ1) is 23.2. The van der Waals surface area contributed by atoms with Gasteiger partial charge in [0.2, 0.25) is 0 Å². The fourth-order valence-electron chi connectivity index (χ4n) is 3.64. The Labute approximate surface area is 191 Å². The van der Waals surface area contributed by atoms with E-state index in [0.717, 1.165) is 11.1 Å². The van der Waals surface area contributed by atoms with Gasteiger partial charge in [0.05, 0.1) is 24.9 Å². The van der Waals surface area contributed by atoms with Crippen molar-refractivity contribution in [2.24, 2.45) is 0 Å². The van der Waals surface area contributed by atoms with Gasteiger partial charge in [0.15, 0.2) is 0 Å². The molecule has 2 aliphatic heterocycles. The summed E-state index contributed by atoms with van der Waals surface area (Å²) in [5.74, 6) is 0.489. The molecule has 1 aromatic carbocycles. The number of H-pyrrole nitrogens is 1. The topological polar surface area (TPSA) is 118 Å². The number of benzene rings is 1. The fourth-order valence-corrected chi connectivity index (χ4v) is 5.22. The minimum Gasteiger partial charge on any atom is -0.403 e. The minimum atomic E-state index is -3.85. The summed E-state index contributed by atoms with van der Waals surface area (Å²) in [7, 11) is -2.35. The molecule has 10 nitrogen and oxygen atoms in total. The van der Waals surface area contributed by atoms with Crippen LogP contribution in [-0.4, -0.2) is 35.5 Å². The van der Waals surface area contributed by atoms with E-state index in [1.54, 1.807) is 0 Å². The number of rotatable bonds is 6. The number of para-hydroxylation sites is 1. The van der Waals surface area contributed by atoms with Gasteiger partial charge >= 0.3 is 13.5 Å². The molecule has 172 valence electrons. The lowest BCUT2D eigenvalue weighted by atomic mass is 10.1. The Bertz CT molecular complexity index is 1190. The van der Waals surface area contributed by atoms with E-state index in [9.17, 15) is 14.2 Å². The molecule has 0 amide bonds. The zero-order valence-electron chi connectivity index (χ0n) is 17.4. The Hall–Kier alpha value is -2.01. The van der Waals surface area contributed by atoms with Gasteiger partial charge in [0.25, 0.3) is 5.56 Å². The predicted molar refractivity (Wildman–Crippen MR) is 119 cm³/mol. The first-order valence-corrected chi connectivity index (χ1v) is 12.2. The second kappa shape index (κ2) is 9.46.